The Bertz CT molecular complexity index is 773. The molecule has 146 valence electrons. The van der Waals surface area contributed by atoms with Gasteiger partial charge in [-0.3, -0.25) is 4.79 Å². The average Bonchev–Trinajstić information content (AvgIpc) is 2.59. The summed E-state index contributed by atoms with van der Waals surface area (Å²) in [4.78, 5) is 36.4. The fourth-order valence-electron chi connectivity index (χ4n) is 3.25. The van der Waals surface area contributed by atoms with Crippen LogP contribution < -0.4 is 9.47 Å². The maximum absolute atomic E-state index is 12.2. The van der Waals surface area contributed by atoms with Crippen molar-refractivity contribution >= 4 is 18.3 Å². The first-order valence-electron chi connectivity index (χ1n) is 8.79. The number of piperidine rings is 1. The molecular formula is C19H23NO7. The first-order chi connectivity index (χ1) is 12.6. The lowest BCUT2D eigenvalue weighted by atomic mass is 9.90. The van der Waals surface area contributed by atoms with E-state index in [1.54, 1.807) is 4.90 Å². The number of rotatable bonds is 2. The summed E-state index contributed by atoms with van der Waals surface area (Å²) in [5.41, 5.74) is -1.32. The van der Waals surface area contributed by atoms with E-state index in [1.165, 1.54) is 12.1 Å². The van der Waals surface area contributed by atoms with Gasteiger partial charge in [-0.2, -0.15) is 0 Å². The van der Waals surface area contributed by atoms with Crippen LogP contribution in [0.2, 0.25) is 0 Å². The Kier molecular flexibility index (Phi) is 4.75. The lowest BCUT2D eigenvalue weighted by Crippen LogP contribution is -2.54. The molecule has 27 heavy (non-hydrogen) atoms. The normalized spacial score (nSPS) is 18.1. The Morgan fingerprint density at radius 2 is 1.93 bits per heavy atom. The Balaban J connectivity index is 1.73. The number of hydrogen-bond acceptors (Lipinski definition) is 6. The Morgan fingerprint density at radius 3 is 2.48 bits per heavy atom. The van der Waals surface area contributed by atoms with Gasteiger partial charge in [-0.15, -0.1) is 0 Å². The number of carbonyl (C=O) groups excluding carboxylic acids is 2. The second-order valence-electron chi connectivity index (χ2n) is 7.82. The molecule has 0 bridgehead atoms. The number of fused-ring (bicyclic) bond motifs is 1. The molecule has 1 amide bonds. The van der Waals surface area contributed by atoms with Crippen LogP contribution in [0, 0.1) is 0 Å². The van der Waals surface area contributed by atoms with E-state index in [1.807, 2.05) is 20.8 Å². The summed E-state index contributed by atoms with van der Waals surface area (Å²) >= 11 is 0. The third-order valence-electron chi connectivity index (χ3n) is 4.64. The summed E-state index contributed by atoms with van der Waals surface area (Å²) < 4.78 is 17.3. The van der Waals surface area contributed by atoms with Crippen molar-refractivity contribution < 1.29 is 33.7 Å². The number of carboxylic acids is 1. The number of nitrogens with zero attached hydrogens (tertiary/aromatic N) is 1. The summed E-state index contributed by atoms with van der Waals surface area (Å²) in [6.45, 7) is 6.57. The van der Waals surface area contributed by atoms with Gasteiger partial charge in [0.15, 0.2) is 17.8 Å². The van der Waals surface area contributed by atoms with E-state index in [9.17, 15) is 19.5 Å². The zero-order chi connectivity index (χ0) is 19.8. The highest BCUT2D eigenvalue weighted by Gasteiger charge is 2.43. The number of aldehydes is 1. The standard InChI is InChI=1S/C19H23NO7/c1-18(2,3)27-17(24)20-8-6-19(7-9-20)11-25-15-13(10-21)12(16(22)23)4-5-14(15)26-19/h4-5,10H,6-9,11H2,1-3H3,(H,22,23). The molecule has 1 N–H and O–H groups in total. The maximum Gasteiger partial charge on any atom is 0.410 e. The molecular weight excluding hydrogens is 354 g/mol. The molecule has 0 aliphatic carbocycles. The molecule has 1 saturated heterocycles. The summed E-state index contributed by atoms with van der Waals surface area (Å²) in [7, 11) is 0. The van der Waals surface area contributed by atoms with Gasteiger partial charge in [-0.05, 0) is 32.9 Å². The minimum Gasteiger partial charge on any atom is -0.485 e. The highest BCUT2D eigenvalue weighted by atomic mass is 16.6. The highest BCUT2D eigenvalue weighted by molar-refractivity contribution is 5.99. The van der Waals surface area contributed by atoms with Gasteiger partial charge in [0.2, 0.25) is 0 Å². The number of ether oxygens (including phenoxy) is 3. The SMILES string of the molecule is CC(C)(C)OC(=O)N1CCC2(CC1)COc1c(ccc(C(=O)O)c1C=O)O2. The van der Waals surface area contributed by atoms with Crippen LogP contribution >= 0.6 is 0 Å². The summed E-state index contributed by atoms with van der Waals surface area (Å²) in [5, 5.41) is 9.20. The van der Waals surface area contributed by atoms with Gasteiger partial charge in [-0.1, -0.05) is 0 Å². The molecule has 2 heterocycles. The van der Waals surface area contributed by atoms with Gasteiger partial charge in [-0.25, -0.2) is 9.59 Å². The van der Waals surface area contributed by atoms with Crippen molar-refractivity contribution in [2.75, 3.05) is 19.7 Å². The number of carbonyl (C=O) groups is 3. The van der Waals surface area contributed by atoms with Crippen molar-refractivity contribution in [3.05, 3.63) is 23.3 Å². The van der Waals surface area contributed by atoms with E-state index in [0.29, 0.717) is 38.0 Å². The van der Waals surface area contributed by atoms with Crippen LogP contribution in [0.3, 0.4) is 0 Å². The molecule has 0 unspecified atom stereocenters. The third-order valence-corrected chi connectivity index (χ3v) is 4.64. The Morgan fingerprint density at radius 1 is 1.26 bits per heavy atom. The minimum absolute atomic E-state index is 0.0268. The number of carboxylic acid groups (broad SMARTS) is 1. The predicted molar refractivity (Wildman–Crippen MR) is 94.7 cm³/mol. The monoisotopic (exact) mass is 377 g/mol. The fourth-order valence-corrected chi connectivity index (χ4v) is 3.25. The van der Waals surface area contributed by atoms with E-state index in [2.05, 4.69) is 0 Å². The number of likely N-dealkylation sites (tertiary alicyclic amines) is 1. The van der Waals surface area contributed by atoms with E-state index in [-0.39, 0.29) is 29.6 Å². The van der Waals surface area contributed by atoms with Crippen LogP contribution in [-0.2, 0) is 4.74 Å². The van der Waals surface area contributed by atoms with Crippen LogP contribution in [0.1, 0.15) is 54.3 Å². The van der Waals surface area contributed by atoms with Crippen molar-refractivity contribution in [1.29, 1.82) is 0 Å². The van der Waals surface area contributed by atoms with Crippen LogP contribution in [-0.4, -0.2) is 59.3 Å². The number of aromatic carboxylic acids is 1. The fraction of sp³-hybridized carbons (Fsp3) is 0.526. The molecule has 0 radical (unpaired) electrons. The smallest absolute Gasteiger partial charge is 0.410 e. The van der Waals surface area contributed by atoms with E-state index in [0.717, 1.165) is 0 Å². The molecule has 1 spiro atoms. The Hall–Kier alpha value is -2.77. The van der Waals surface area contributed by atoms with Gasteiger partial charge >= 0.3 is 12.1 Å². The van der Waals surface area contributed by atoms with Gasteiger partial charge in [0.25, 0.3) is 0 Å². The molecule has 0 saturated carbocycles. The van der Waals surface area contributed by atoms with Crippen LogP contribution in [0.25, 0.3) is 0 Å². The van der Waals surface area contributed by atoms with E-state index < -0.39 is 17.2 Å². The first kappa shape index (κ1) is 19.0. The van der Waals surface area contributed by atoms with Crippen molar-refractivity contribution in [2.45, 2.75) is 44.8 Å². The van der Waals surface area contributed by atoms with Crippen molar-refractivity contribution in [1.82, 2.24) is 4.90 Å². The predicted octanol–water partition coefficient (Wildman–Crippen LogP) is 2.74. The summed E-state index contributed by atoms with van der Waals surface area (Å²) in [6.07, 6.45) is 1.20. The molecule has 0 atom stereocenters. The molecule has 3 rings (SSSR count). The largest absolute Gasteiger partial charge is 0.485 e. The van der Waals surface area contributed by atoms with Gasteiger partial charge < -0.3 is 24.2 Å². The number of hydrogen-bond donors (Lipinski definition) is 1. The first-order valence-corrected chi connectivity index (χ1v) is 8.79. The molecule has 1 fully saturated rings. The third kappa shape index (κ3) is 3.84. The van der Waals surface area contributed by atoms with Crippen LogP contribution in [0.15, 0.2) is 12.1 Å². The van der Waals surface area contributed by atoms with E-state index in [4.69, 9.17) is 14.2 Å². The second kappa shape index (κ2) is 6.75. The highest BCUT2D eigenvalue weighted by Crippen LogP contribution is 2.42. The average molecular weight is 377 g/mol. The van der Waals surface area contributed by atoms with Crippen molar-refractivity contribution in [3.63, 3.8) is 0 Å². The maximum atomic E-state index is 12.2. The summed E-state index contributed by atoms with van der Waals surface area (Å²) in [6, 6.07) is 2.84. The number of benzene rings is 1. The molecule has 8 nitrogen and oxygen atoms in total. The topological polar surface area (TPSA) is 102 Å². The lowest BCUT2D eigenvalue weighted by molar-refractivity contribution is -0.0560. The second-order valence-corrected chi connectivity index (χ2v) is 7.82. The van der Waals surface area contributed by atoms with Crippen LogP contribution in [0.5, 0.6) is 11.5 Å². The Labute approximate surface area is 157 Å². The molecule has 2 aliphatic rings. The van der Waals surface area contributed by atoms with Crippen molar-refractivity contribution in [3.8, 4) is 11.5 Å². The molecule has 1 aromatic rings. The quantitative estimate of drug-likeness (QED) is 0.791. The van der Waals surface area contributed by atoms with Crippen molar-refractivity contribution in [2.24, 2.45) is 0 Å². The van der Waals surface area contributed by atoms with Gasteiger partial charge in [0, 0.05) is 25.9 Å². The lowest BCUT2D eigenvalue weighted by Gasteiger charge is -2.44. The summed E-state index contributed by atoms with van der Waals surface area (Å²) in [5.74, 6) is -0.696. The van der Waals surface area contributed by atoms with Gasteiger partial charge in [0.1, 0.15) is 17.8 Å². The zero-order valence-corrected chi connectivity index (χ0v) is 15.6. The minimum atomic E-state index is -1.20. The zero-order valence-electron chi connectivity index (χ0n) is 15.6. The molecule has 8 heteroatoms. The number of amides is 1. The molecule has 1 aromatic carbocycles. The van der Waals surface area contributed by atoms with E-state index >= 15 is 0 Å². The molecule has 2 aliphatic heterocycles. The molecule has 0 aromatic heterocycles. The van der Waals surface area contributed by atoms with Crippen LogP contribution in [0.4, 0.5) is 4.79 Å². The van der Waals surface area contributed by atoms with Gasteiger partial charge in [0.05, 0.1) is 11.1 Å².